The average Bonchev–Trinajstić information content (AvgIpc) is 3.17. The van der Waals surface area contributed by atoms with Gasteiger partial charge in [0.05, 0.1) is 16.4 Å². The summed E-state index contributed by atoms with van der Waals surface area (Å²) < 4.78 is 0. The van der Waals surface area contributed by atoms with E-state index in [2.05, 4.69) is 15.7 Å². The maximum absolute atomic E-state index is 12.9. The Bertz CT molecular complexity index is 1010. The van der Waals surface area contributed by atoms with Crippen molar-refractivity contribution in [1.82, 2.24) is 5.01 Å². The first-order valence-corrected chi connectivity index (χ1v) is 9.06. The van der Waals surface area contributed by atoms with Crippen LogP contribution in [-0.4, -0.2) is 41.4 Å². The van der Waals surface area contributed by atoms with E-state index in [1.807, 2.05) is 0 Å². The molecule has 2 aliphatic rings. The zero-order valence-electron chi connectivity index (χ0n) is 14.3. The lowest BCUT2D eigenvalue weighted by Gasteiger charge is -2.20. The molecule has 2 heterocycles. The molecule has 1 saturated heterocycles. The Balaban J connectivity index is 1.50. The van der Waals surface area contributed by atoms with Crippen molar-refractivity contribution in [3.8, 4) is 0 Å². The third-order valence-electron chi connectivity index (χ3n) is 4.38. The molecule has 1 fully saturated rings. The fraction of sp³-hybridized carbons (Fsp3) is 0.167. The standard InChI is InChI=1S/C18H13Cl2N5O3/c19-10-4-3-5-11(8-10)25-17(27)15-16(18(25)28)24(23-22-15)9-14(26)21-13-7-2-1-6-12(13)20/h1-8,15-16H,9H2,(H,21,26)/t15-,16+/m0/s1. The van der Waals surface area contributed by atoms with Gasteiger partial charge >= 0.3 is 0 Å². The molecule has 0 bridgehead atoms. The molecule has 3 amide bonds. The van der Waals surface area contributed by atoms with E-state index in [1.54, 1.807) is 42.5 Å². The average molecular weight is 418 g/mol. The summed E-state index contributed by atoms with van der Waals surface area (Å²) in [5.41, 5.74) is 0.795. The number of benzene rings is 2. The van der Waals surface area contributed by atoms with Crippen molar-refractivity contribution in [2.75, 3.05) is 16.8 Å². The minimum Gasteiger partial charge on any atom is -0.323 e. The molecule has 0 unspecified atom stereocenters. The van der Waals surface area contributed by atoms with Crippen molar-refractivity contribution >= 4 is 52.3 Å². The number of anilines is 2. The first kappa shape index (κ1) is 18.4. The van der Waals surface area contributed by atoms with Gasteiger partial charge in [0.1, 0.15) is 6.54 Å². The second-order valence-corrected chi connectivity index (χ2v) is 7.06. The van der Waals surface area contributed by atoms with Gasteiger partial charge in [0.15, 0.2) is 12.1 Å². The maximum atomic E-state index is 12.9. The van der Waals surface area contributed by atoms with E-state index in [1.165, 1.54) is 11.1 Å². The molecule has 8 nitrogen and oxygen atoms in total. The van der Waals surface area contributed by atoms with Crippen molar-refractivity contribution in [3.05, 3.63) is 58.6 Å². The van der Waals surface area contributed by atoms with Crippen LogP contribution in [-0.2, 0) is 14.4 Å². The molecule has 0 aromatic heterocycles. The first-order valence-electron chi connectivity index (χ1n) is 8.31. The number of carbonyl (C=O) groups is 3. The number of nitrogens with zero attached hydrogens (tertiary/aromatic N) is 4. The Hall–Kier alpha value is -2.97. The molecule has 0 radical (unpaired) electrons. The van der Waals surface area contributed by atoms with Crippen LogP contribution in [0.15, 0.2) is 58.9 Å². The van der Waals surface area contributed by atoms with Gasteiger partial charge in [-0.25, -0.2) is 4.90 Å². The summed E-state index contributed by atoms with van der Waals surface area (Å²) in [5.74, 6) is -1.45. The van der Waals surface area contributed by atoms with Gasteiger partial charge in [0, 0.05) is 5.02 Å². The van der Waals surface area contributed by atoms with E-state index in [4.69, 9.17) is 23.2 Å². The van der Waals surface area contributed by atoms with Crippen LogP contribution in [0.1, 0.15) is 0 Å². The molecule has 10 heteroatoms. The third kappa shape index (κ3) is 3.21. The van der Waals surface area contributed by atoms with Gasteiger partial charge in [-0.15, -0.1) is 0 Å². The summed E-state index contributed by atoms with van der Waals surface area (Å²) in [5, 5.41) is 12.4. The van der Waals surface area contributed by atoms with Crippen LogP contribution >= 0.6 is 23.2 Å². The van der Waals surface area contributed by atoms with Gasteiger partial charge in [-0.05, 0) is 30.3 Å². The third-order valence-corrected chi connectivity index (χ3v) is 4.94. The van der Waals surface area contributed by atoms with E-state index in [0.29, 0.717) is 21.4 Å². The van der Waals surface area contributed by atoms with Gasteiger partial charge in [-0.2, -0.15) is 5.11 Å². The van der Waals surface area contributed by atoms with Gasteiger partial charge in [-0.1, -0.05) is 46.6 Å². The van der Waals surface area contributed by atoms with Gasteiger partial charge in [-0.3, -0.25) is 19.4 Å². The molecule has 0 spiro atoms. The monoisotopic (exact) mass is 417 g/mol. The number of amides is 3. The minimum absolute atomic E-state index is 0.252. The Kier molecular flexibility index (Phi) is 4.74. The van der Waals surface area contributed by atoms with Gasteiger partial charge < -0.3 is 5.32 Å². The molecule has 142 valence electrons. The van der Waals surface area contributed by atoms with Crippen molar-refractivity contribution in [3.63, 3.8) is 0 Å². The van der Waals surface area contributed by atoms with Crippen molar-refractivity contribution in [1.29, 1.82) is 0 Å². The number of fused-ring (bicyclic) bond motifs is 1. The number of hydrogen-bond acceptors (Lipinski definition) is 6. The molecule has 28 heavy (non-hydrogen) atoms. The van der Waals surface area contributed by atoms with Crippen molar-refractivity contribution in [2.45, 2.75) is 12.1 Å². The molecule has 0 aliphatic carbocycles. The summed E-state index contributed by atoms with van der Waals surface area (Å²) in [6.45, 7) is -0.252. The lowest BCUT2D eigenvalue weighted by atomic mass is 10.1. The highest BCUT2D eigenvalue weighted by molar-refractivity contribution is 6.33. The van der Waals surface area contributed by atoms with Crippen LogP contribution < -0.4 is 10.2 Å². The van der Waals surface area contributed by atoms with Crippen LogP contribution in [0.5, 0.6) is 0 Å². The highest BCUT2D eigenvalue weighted by atomic mass is 35.5. The highest BCUT2D eigenvalue weighted by Crippen LogP contribution is 2.32. The quantitative estimate of drug-likeness (QED) is 0.773. The molecule has 4 rings (SSSR count). The van der Waals surface area contributed by atoms with Crippen LogP contribution in [0.25, 0.3) is 0 Å². The Morgan fingerprint density at radius 1 is 1.07 bits per heavy atom. The van der Waals surface area contributed by atoms with E-state index >= 15 is 0 Å². The van der Waals surface area contributed by atoms with E-state index < -0.39 is 29.8 Å². The molecular formula is C18H13Cl2N5O3. The Morgan fingerprint density at radius 3 is 2.61 bits per heavy atom. The SMILES string of the molecule is O=C(CN1N=N[C@@H]2C(=O)N(c3cccc(Cl)c3)C(=O)[C@@H]21)Nc1ccccc1Cl. The summed E-state index contributed by atoms with van der Waals surface area (Å²) in [6.07, 6.45) is 0. The fourth-order valence-electron chi connectivity index (χ4n) is 3.12. The van der Waals surface area contributed by atoms with E-state index in [-0.39, 0.29) is 6.54 Å². The lowest BCUT2D eigenvalue weighted by Crippen LogP contribution is -2.43. The van der Waals surface area contributed by atoms with Gasteiger partial charge in [0.25, 0.3) is 11.8 Å². The first-order chi connectivity index (χ1) is 13.5. The van der Waals surface area contributed by atoms with Crippen LogP contribution in [0.4, 0.5) is 11.4 Å². The van der Waals surface area contributed by atoms with Crippen molar-refractivity contribution in [2.24, 2.45) is 10.3 Å². The zero-order valence-corrected chi connectivity index (χ0v) is 15.8. The Labute approximate surface area is 169 Å². The van der Waals surface area contributed by atoms with Crippen LogP contribution in [0.3, 0.4) is 0 Å². The van der Waals surface area contributed by atoms with Gasteiger partial charge in [0.2, 0.25) is 5.91 Å². The second-order valence-electron chi connectivity index (χ2n) is 6.21. The summed E-state index contributed by atoms with van der Waals surface area (Å²) in [7, 11) is 0. The number of hydrogen-bond donors (Lipinski definition) is 1. The number of para-hydroxylation sites is 1. The smallest absolute Gasteiger partial charge is 0.263 e. The molecule has 2 aromatic carbocycles. The normalized spacial score (nSPS) is 20.6. The van der Waals surface area contributed by atoms with Crippen LogP contribution in [0.2, 0.25) is 10.0 Å². The molecule has 2 aliphatic heterocycles. The molecule has 2 aromatic rings. The number of halogens is 2. The van der Waals surface area contributed by atoms with E-state index in [0.717, 1.165) is 4.90 Å². The Morgan fingerprint density at radius 2 is 1.86 bits per heavy atom. The predicted octanol–water partition coefficient (Wildman–Crippen LogP) is 2.93. The summed E-state index contributed by atoms with van der Waals surface area (Å²) >= 11 is 12.0. The number of carbonyl (C=O) groups excluding carboxylic acids is 3. The van der Waals surface area contributed by atoms with E-state index in [9.17, 15) is 14.4 Å². The molecule has 0 saturated carbocycles. The number of imide groups is 1. The lowest BCUT2D eigenvalue weighted by molar-refractivity contribution is -0.123. The number of rotatable bonds is 4. The van der Waals surface area contributed by atoms with Crippen LogP contribution in [0, 0.1) is 0 Å². The number of nitrogens with one attached hydrogen (secondary N) is 1. The predicted molar refractivity (Wildman–Crippen MR) is 103 cm³/mol. The summed E-state index contributed by atoms with van der Waals surface area (Å²) in [6, 6.07) is 11.2. The summed E-state index contributed by atoms with van der Waals surface area (Å²) in [4.78, 5) is 38.9. The molecular weight excluding hydrogens is 405 g/mol. The fourth-order valence-corrected chi connectivity index (χ4v) is 3.49. The minimum atomic E-state index is -0.986. The molecule has 2 atom stereocenters. The zero-order chi connectivity index (χ0) is 19.8. The highest BCUT2D eigenvalue weighted by Gasteiger charge is 2.55. The van der Waals surface area contributed by atoms with Crippen molar-refractivity contribution < 1.29 is 14.4 Å². The maximum Gasteiger partial charge on any atom is 0.263 e. The molecule has 1 N–H and O–H groups in total. The second kappa shape index (κ2) is 7.21. The largest absolute Gasteiger partial charge is 0.323 e. The topological polar surface area (TPSA) is 94.4 Å².